The third-order valence-corrected chi connectivity index (χ3v) is 4.55. The molecule has 0 saturated carbocycles. The van der Waals surface area contributed by atoms with Gasteiger partial charge in [0.05, 0.1) is 20.8 Å². The van der Waals surface area contributed by atoms with Crippen molar-refractivity contribution >= 4 is 12.0 Å². The van der Waals surface area contributed by atoms with Gasteiger partial charge in [0, 0.05) is 24.9 Å². The number of aryl methyl sites for hydroxylation is 1. The molecule has 1 amide bonds. The van der Waals surface area contributed by atoms with Gasteiger partial charge in [-0.2, -0.15) is 4.98 Å². The maximum atomic E-state index is 12.6. The molecule has 1 saturated heterocycles. The molecule has 1 aromatic carbocycles. The Labute approximate surface area is 165 Å². The lowest BCUT2D eigenvalue weighted by atomic mass is 10.1. The smallest absolute Gasteiger partial charge is 0.246 e. The van der Waals surface area contributed by atoms with Crippen LogP contribution in [0.25, 0.3) is 6.08 Å². The summed E-state index contributed by atoms with van der Waals surface area (Å²) in [5.41, 5.74) is 0.868. The zero-order chi connectivity index (χ0) is 19.9. The van der Waals surface area contributed by atoms with Gasteiger partial charge in [0.1, 0.15) is 11.9 Å². The van der Waals surface area contributed by atoms with E-state index in [0.29, 0.717) is 29.7 Å². The number of hydrogen-bond acceptors (Lipinski definition) is 6. The Balaban J connectivity index is 1.61. The molecule has 1 unspecified atom stereocenters. The maximum Gasteiger partial charge on any atom is 0.246 e. The average molecular weight is 383 g/mol. The van der Waals surface area contributed by atoms with Crippen LogP contribution in [-0.4, -0.2) is 54.2 Å². The summed E-state index contributed by atoms with van der Waals surface area (Å²) in [7, 11) is 3.18. The molecule has 1 aliphatic heterocycles. The lowest BCUT2D eigenvalue weighted by Crippen LogP contribution is -2.43. The summed E-state index contributed by atoms with van der Waals surface area (Å²) in [5.74, 6) is 2.46. The second-order valence-electron chi connectivity index (χ2n) is 6.56. The van der Waals surface area contributed by atoms with Crippen LogP contribution in [0.4, 0.5) is 0 Å². The highest BCUT2D eigenvalue weighted by atomic mass is 16.5. The molecular weight excluding hydrogens is 358 g/mol. The number of methoxy groups -OCH3 is 2. The number of aromatic nitrogens is 2. The van der Waals surface area contributed by atoms with Crippen LogP contribution >= 0.6 is 0 Å². The normalized spacial score (nSPS) is 16.8. The summed E-state index contributed by atoms with van der Waals surface area (Å²) in [6, 6.07) is 7.27. The predicted octanol–water partition coefficient (Wildman–Crippen LogP) is 2.89. The minimum Gasteiger partial charge on any atom is -0.493 e. The third kappa shape index (κ3) is 5.00. The van der Waals surface area contributed by atoms with Gasteiger partial charge in [-0.05, 0) is 43.5 Å². The van der Waals surface area contributed by atoms with Crippen molar-refractivity contribution in [3.05, 3.63) is 47.9 Å². The van der Waals surface area contributed by atoms with Gasteiger partial charge in [-0.1, -0.05) is 6.07 Å². The quantitative estimate of drug-likeness (QED) is 0.714. The number of carbonyl (C=O) groups is 1. The van der Waals surface area contributed by atoms with Gasteiger partial charge in [-0.15, -0.1) is 0 Å². The predicted molar refractivity (Wildman–Crippen MR) is 106 cm³/mol. The summed E-state index contributed by atoms with van der Waals surface area (Å²) in [6.07, 6.45) is 6.76. The van der Waals surface area contributed by atoms with Crippen LogP contribution in [0.2, 0.25) is 0 Å². The molecule has 0 radical (unpaired) electrons. The molecule has 7 nitrogen and oxygen atoms in total. The fourth-order valence-electron chi connectivity index (χ4n) is 3.13. The van der Waals surface area contributed by atoms with Crippen LogP contribution < -0.4 is 14.2 Å². The molecule has 7 heteroatoms. The highest BCUT2D eigenvalue weighted by molar-refractivity contribution is 5.92. The molecule has 1 atom stereocenters. The lowest BCUT2D eigenvalue weighted by Gasteiger charge is -2.32. The molecule has 148 valence electrons. The van der Waals surface area contributed by atoms with Gasteiger partial charge in [0.2, 0.25) is 11.8 Å². The molecule has 28 heavy (non-hydrogen) atoms. The number of rotatable bonds is 6. The number of likely N-dealkylation sites (tertiary alicyclic amines) is 1. The van der Waals surface area contributed by atoms with E-state index in [1.54, 1.807) is 43.5 Å². The first-order valence-electron chi connectivity index (χ1n) is 9.24. The van der Waals surface area contributed by atoms with E-state index in [1.807, 2.05) is 25.1 Å². The van der Waals surface area contributed by atoms with Gasteiger partial charge in [-0.3, -0.25) is 4.79 Å². The minimum atomic E-state index is -0.0681. The van der Waals surface area contributed by atoms with E-state index < -0.39 is 0 Å². The Bertz CT molecular complexity index is 853. The molecule has 2 aromatic rings. The first-order chi connectivity index (χ1) is 13.6. The van der Waals surface area contributed by atoms with Crippen molar-refractivity contribution in [3.8, 4) is 17.4 Å². The van der Waals surface area contributed by atoms with E-state index in [2.05, 4.69) is 9.97 Å². The van der Waals surface area contributed by atoms with Crippen LogP contribution in [0.1, 0.15) is 24.2 Å². The van der Waals surface area contributed by atoms with Crippen LogP contribution in [0.3, 0.4) is 0 Å². The van der Waals surface area contributed by atoms with Gasteiger partial charge >= 0.3 is 0 Å². The number of hydrogen-bond donors (Lipinski definition) is 0. The largest absolute Gasteiger partial charge is 0.493 e. The number of piperidine rings is 1. The number of benzene rings is 1. The highest BCUT2D eigenvalue weighted by Crippen LogP contribution is 2.28. The Kier molecular flexibility index (Phi) is 6.47. The van der Waals surface area contributed by atoms with E-state index in [9.17, 15) is 4.79 Å². The van der Waals surface area contributed by atoms with Crippen molar-refractivity contribution < 1.29 is 19.0 Å². The fraction of sp³-hybridized carbons (Fsp3) is 0.381. The van der Waals surface area contributed by atoms with E-state index in [0.717, 1.165) is 24.9 Å². The molecule has 0 N–H and O–H groups in total. The Morgan fingerprint density at radius 3 is 2.79 bits per heavy atom. The van der Waals surface area contributed by atoms with Crippen molar-refractivity contribution in [2.75, 3.05) is 27.3 Å². The van der Waals surface area contributed by atoms with E-state index in [-0.39, 0.29) is 12.0 Å². The average Bonchev–Trinajstić information content (AvgIpc) is 2.72. The lowest BCUT2D eigenvalue weighted by molar-refractivity contribution is -0.128. The molecule has 0 bridgehead atoms. The summed E-state index contributed by atoms with van der Waals surface area (Å²) >= 11 is 0. The zero-order valence-electron chi connectivity index (χ0n) is 16.4. The monoisotopic (exact) mass is 383 g/mol. The fourth-order valence-corrected chi connectivity index (χ4v) is 3.13. The number of amides is 1. The first kappa shape index (κ1) is 19.7. The van der Waals surface area contributed by atoms with Gasteiger partial charge in [-0.25, -0.2) is 4.98 Å². The molecule has 0 aliphatic carbocycles. The minimum absolute atomic E-state index is 0.0399. The van der Waals surface area contributed by atoms with Gasteiger partial charge < -0.3 is 19.1 Å². The number of nitrogens with zero attached hydrogens (tertiary/aromatic N) is 3. The second kappa shape index (κ2) is 9.21. The van der Waals surface area contributed by atoms with Crippen molar-refractivity contribution in [2.45, 2.75) is 25.9 Å². The summed E-state index contributed by atoms with van der Waals surface area (Å²) < 4.78 is 16.5. The molecule has 1 aliphatic rings. The SMILES string of the molecule is COc1ccc(C=CC(=O)N2CCCC(Oc3ccnc(C)n3)C2)cc1OC. The van der Waals surface area contributed by atoms with Crippen molar-refractivity contribution in [1.82, 2.24) is 14.9 Å². The second-order valence-corrected chi connectivity index (χ2v) is 6.56. The molecule has 1 fully saturated rings. The van der Waals surface area contributed by atoms with Crippen molar-refractivity contribution in [1.29, 1.82) is 0 Å². The third-order valence-electron chi connectivity index (χ3n) is 4.55. The maximum absolute atomic E-state index is 12.6. The Morgan fingerprint density at radius 2 is 2.04 bits per heavy atom. The van der Waals surface area contributed by atoms with Crippen molar-refractivity contribution in [3.63, 3.8) is 0 Å². The highest BCUT2D eigenvalue weighted by Gasteiger charge is 2.24. The summed E-state index contributed by atoms with van der Waals surface area (Å²) in [5, 5.41) is 0. The number of carbonyl (C=O) groups excluding carboxylic acids is 1. The van der Waals surface area contributed by atoms with Gasteiger partial charge in [0.15, 0.2) is 11.5 Å². The van der Waals surface area contributed by atoms with E-state index in [1.165, 1.54) is 0 Å². The summed E-state index contributed by atoms with van der Waals surface area (Å²) in [6.45, 7) is 3.08. The first-order valence-corrected chi connectivity index (χ1v) is 9.24. The van der Waals surface area contributed by atoms with Crippen molar-refractivity contribution in [2.24, 2.45) is 0 Å². The van der Waals surface area contributed by atoms with Crippen LogP contribution in [-0.2, 0) is 4.79 Å². The van der Waals surface area contributed by atoms with E-state index in [4.69, 9.17) is 14.2 Å². The topological polar surface area (TPSA) is 73.8 Å². The number of ether oxygens (including phenoxy) is 3. The Hall–Kier alpha value is -3.09. The molecule has 2 heterocycles. The standard InChI is InChI=1S/C21H25N3O4/c1-15-22-11-10-20(23-15)28-17-5-4-12-24(14-17)21(25)9-7-16-6-8-18(26-2)19(13-16)27-3/h6-11,13,17H,4-5,12,14H2,1-3H3. The molecule has 0 spiro atoms. The Morgan fingerprint density at radius 1 is 1.21 bits per heavy atom. The molecule has 1 aromatic heterocycles. The van der Waals surface area contributed by atoms with E-state index >= 15 is 0 Å². The molecule has 3 rings (SSSR count). The molecular formula is C21H25N3O4. The van der Waals surface area contributed by atoms with Gasteiger partial charge in [0.25, 0.3) is 0 Å². The van der Waals surface area contributed by atoms with Crippen LogP contribution in [0.15, 0.2) is 36.5 Å². The zero-order valence-corrected chi connectivity index (χ0v) is 16.4. The summed E-state index contributed by atoms with van der Waals surface area (Å²) in [4.78, 5) is 22.7. The van der Waals surface area contributed by atoms with Crippen LogP contribution in [0, 0.1) is 6.92 Å². The van der Waals surface area contributed by atoms with Crippen LogP contribution in [0.5, 0.6) is 17.4 Å².